The van der Waals surface area contributed by atoms with Crippen LogP contribution in [0.4, 0.5) is 5.69 Å². The fraction of sp³-hybridized carbons (Fsp3) is 0.294. The first-order valence-electron chi connectivity index (χ1n) is 7.86. The van der Waals surface area contributed by atoms with Crippen molar-refractivity contribution in [1.29, 1.82) is 0 Å². The summed E-state index contributed by atoms with van der Waals surface area (Å²) in [6.45, 7) is 2.02. The van der Waals surface area contributed by atoms with E-state index >= 15 is 0 Å². The molecule has 0 unspecified atom stereocenters. The van der Waals surface area contributed by atoms with E-state index < -0.39 is 14.9 Å². The fourth-order valence-corrected chi connectivity index (χ4v) is 4.66. The highest BCUT2D eigenvalue weighted by atomic mass is 35.5. The largest absolute Gasteiger partial charge is 0.326 e. The lowest BCUT2D eigenvalue weighted by atomic mass is 9.95. The highest BCUT2D eigenvalue weighted by molar-refractivity contribution is 7.89. The number of hydrogen-bond donors (Lipinski definition) is 1. The van der Waals surface area contributed by atoms with E-state index in [1.165, 1.54) is 16.4 Å². The molecule has 7 nitrogen and oxygen atoms in total. The van der Waals surface area contributed by atoms with Crippen LogP contribution in [0.2, 0.25) is 0 Å². The molecule has 3 rings (SSSR count). The molecule has 0 aliphatic carbocycles. The van der Waals surface area contributed by atoms with Crippen LogP contribution < -0.4 is 5.73 Å². The molecule has 1 aliphatic heterocycles. The zero-order valence-electron chi connectivity index (χ0n) is 14.1. The SMILES string of the molecule is Cc1ccc(S(=O)(=O)N2C[C@@H](N)[C@H](c3ccccc3)C2)cc1[N+](=O)[O-].Cl. The lowest BCUT2D eigenvalue weighted by Crippen LogP contribution is -2.32. The number of nitro benzene ring substituents is 1. The third-order valence-electron chi connectivity index (χ3n) is 4.57. The number of aryl methyl sites for hydroxylation is 1. The molecule has 0 aromatic heterocycles. The number of nitrogens with zero attached hydrogens (tertiary/aromatic N) is 2. The second-order valence-corrected chi connectivity index (χ2v) is 8.15. The number of benzene rings is 2. The number of rotatable bonds is 4. The van der Waals surface area contributed by atoms with Crippen molar-refractivity contribution in [3.05, 3.63) is 69.8 Å². The Bertz CT molecular complexity index is 905. The maximum Gasteiger partial charge on any atom is 0.273 e. The van der Waals surface area contributed by atoms with Gasteiger partial charge >= 0.3 is 0 Å². The minimum Gasteiger partial charge on any atom is -0.326 e. The third kappa shape index (κ3) is 3.73. The summed E-state index contributed by atoms with van der Waals surface area (Å²) >= 11 is 0. The molecule has 1 aliphatic rings. The quantitative estimate of drug-likeness (QED) is 0.629. The maximum atomic E-state index is 12.9. The first kappa shape index (κ1) is 20.3. The van der Waals surface area contributed by atoms with E-state index in [1.54, 1.807) is 6.92 Å². The van der Waals surface area contributed by atoms with Crippen LogP contribution in [0.5, 0.6) is 0 Å². The minimum atomic E-state index is -3.84. The Kier molecular flexibility index (Phi) is 6.02. The molecule has 1 fully saturated rings. The summed E-state index contributed by atoms with van der Waals surface area (Å²) in [7, 11) is -3.84. The van der Waals surface area contributed by atoms with E-state index in [2.05, 4.69) is 0 Å². The van der Waals surface area contributed by atoms with Crippen LogP contribution in [0.25, 0.3) is 0 Å². The maximum absolute atomic E-state index is 12.9. The van der Waals surface area contributed by atoms with Crippen molar-refractivity contribution in [2.75, 3.05) is 13.1 Å². The van der Waals surface area contributed by atoms with Crippen molar-refractivity contribution >= 4 is 28.1 Å². The molecule has 1 heterocycles. The average Bonchev–Trinajstić information content (AvgIpc) is 2.98. The van der Waals surface area contributed by atoms with Gasteiger partial charge in [0.05, 0.1) is 9.82 Å². The van der Waals surface area contributed by atoms with Gasteiger partial charge in [-0.15, -0.1) is 12.4 Å². The van der Waals surface area contributed by atoms with Gasteiger partial charge in [-0.2, -0.15) is 4.31 Å². The van der Waals surface area contributed by atoms with Crippen LogP contribution in [-0.4, -0.2) is 36.8 Å². The molecule has 2 aromatic carbocycles. The van der Waals surface area contributed by atoms with Gasteiger partial charge in [0.1, 0.15) is 0 Å². The normalized spacial score (nSPS) is 20.5. The molecule has 2 atom stereocenters. The Labute approximate surface area is 158 Å². The van der Waals surface area contributed by atoms with Crippen molar-refractivity contribution < 1.29 is 13.3 Å². The Morgan fingerprint density at radius 2 is 1.81 bits per heavy atom. The number of nitrogens with two attached hydrogens (primary N) is 1. The van der Waals surface area contributed by atoms with Crippen LogP contribution in [-0.2, 0) is 10.0 Å². The summed E-state index contributed by atoms with van der Waals surface area (Å²) in [4.78, 5) is 10.4. The molecular weight excluding hydrogens is 378 g/mol. The Morgan fingerprint density at radius 1 is 1.15 bits per heavy atom. The Morgan fingerprint density at radius 3 is 2.42 bits per heavy atom. The number of nitro groups is 1. The van der Waals surface area contributed by atoms with E-state index in [-0.39, 0.29) is 48.0 Å². The molecule has 0 saturated carbocycles. The van der Waals surface area contributed by atoms with E-state index in [1.807, 2.05) is 30.3 Å². The number of halogens is 1. The smallest absolute Gasteiger partial charge is 0.273 e. The molecule has 0 bridgehead atoms. The van der Waals surface area contributed by atoms with Crippen LogP contribution in [0.3, 0.4) is 0 Å². The van der Waals surface area contributed by atoms with Gasteiger partial charge in [-0.3, -0.25) is 10.1 Å². The van der Waals surface area contributed by atoms with Crippen LogP contribution in [0.1, 0.15) is 17.0 Å². The molecule has 0 amide bonds. The first-order valence-corrected chi connectivity index (χ1v) is 9.30. The summed E-state index contributed by atoms with van der Waals surface area (Å²) in [5, 5.41) is 11.1. The molecule has 2 N–H and O–H groups in total. The van der Waals surface area contributed by atoms with E-state index in [4.69, 9.17) is 5.73 Å². The van der Waals surface area contributed by atoms with Crippen molar-refractivity contribution in [3.8, 4) is 0 Å². The van der Waals surface area contributed by atoms with E-state index in [9.17, 15) is 18.5 Å². The lowest BCUT2D eigenvalue weighted by Gasteiger charge is -2.17. The van der Waals surface area contributed by atoms with E-state index in [0.29, 0.717) is 5.56 Å². The zero-order valence-corrected chi connectivity index (χ0v) is 15.7. The topological polar surface area (TPSA) is 107 Å². The Hall–Kier alpha value is -2.00. The summed E-state index contributed by atoms with van der Waals surface area (Å²) < 4.78 is 27.1. The minimum absolute atomic E-state index is 0. The standard InChI is InChI=1S/C17H19N3O4S.ClH/c1-12-7-8-14(9-17(12)20(21)22)25(23,24)19-10-15(16(18)11-19)13-5-3-2-4-6-13;/h2-9,15-16H,10-11,18H2,1H3;1H/t15-,16+;/m0./s1. The Balaban J connectivity index is 0.00000243. The lowest BCUT2D eigenvalue weighted by molar-refractivity contribution is -0.385. The molecule has 0 spiro atoms. The number of hydrogen-bond acceptors (Lipinski definition) is 5. The van der Waals surface area contributed by atoms with Gasteiger partial charge < -0.3 is 5.73 Å². The van der Waals surface area contributed by atoms with Crippen LogP contribution in [0, 0.1) is 17.0 Å². The monoisotopic (exact) mass is 397 g/mol. The average molecular weight is 398 g/mol. The van der Waals surface area contributed by atoms with Gasteiger partial charge in [0.15, 0.2) is 0 Å². The van der Waals surface area contributed by atoms with Gasteiger partial charge in [0.25, 0.3) is 5.69 Å². The van der Waals surface area contributed by atoms with Crippen molar-refractivity contribution in [1.82, 2.24) is 4.31 Å². The van der Waals surface area contributed by atoms with Crippen LogP contribution in [0.15, 0.2) is 53.4 Å². The van der Waals surface area contributed by atoms with Gasteiger partial charge in [0, 0.05) is 36.7 Å². The van der Waals surface area contributed by atoms with Crippen molar-refractivity contribution in [3.63, 3.8) is 0 Å². The highest BCUT2D eigenvalue weighted by Crippen LogP contribution is 2.32. The first-order chi connectivity index (χ1) is 11.8. The van der Waals surface area contributed by atoms with Gasteiger partial charge in [-0.05, 0) is 18.6 Å². The third-order valence-corrected chi connectivity index (χ3v) is 6.40. The molecule has 1 saturated heterocycles. The number of sulfonamides is 1. The summed E-state index contributed by atoms with van der Waals surface area (Å²) in [6, 6.07) is 13.2. The van der Waals surface area contributed by atoms with Crippen LogP contribution >= 0.6 is 12.4 Å². The molecular formula is C17H20ClN3O4S. The zero-order chi connectivity index (χ0) is 18.2. The molecule has 2 aromatic rings. The predicted octanol–water partition coefficient (Wildman–Crippen LogP) is 2.44. The predicted molar refractivity (Wildman–Crippen MR) is 101 cm³/mol. The van der Waals surface area contributed by atoms with Crippen molar-refractivity contribution in [2.45, 2.75) is 23.8 Å². The summed E-state index contributed by atoms with van der Waals surface area (Å²) in [5.41, 5.74) is 7.37. The molecule has 9 heteroatoms. The summed E-state index contributed by atoms with van der Waals surface area (Å²) in [6.07, 6.45) is 0. The molecule has 26 heavy (non-hydrogen) atoms. The second-order valence-electron chi connectivity index (χ2n) is 6.21. The van der Waals surface area contributed by atoms with Gasteiger partial charge in [0.2, 0.25) is 10.0 Å². The van der Waals surface area contributed by atoms with E-state index in [0.717, 1.165) is 11.6 Å². The van der Waals surface area contributed by atoms with Crippen molar-refractivity contribution in [2.24, 2.45) is 5.73 Å². The van der Waals surface area contributed by atoms with Gasteiger partial charge in [-0.1, -0.05) is 36.4 Å². The fourth-order valence-electron chi connectivity index (χ4n) is 3.14. The molecule has 140 valence electrons. The second kappa shape index (κ2) is 7.71. The summed E-state index contributed by atoms with van der Waals surface area (Å²) in [5.74, 6) is -0.101. The van der Waals surface area contributed by atoms with Gasteiger partial charge in [-0.25, -0.2) is 8.42 Å². The molecule has 0 radical (unpaired) electrons. The highest BCUT2D eigenvalue weighted by Gasteiger charge is 2.38.